The Morgan fingerprint density at radius 2 is 2.00 bits per heavy atom. The first-order valence-electron chi connectivity index (χ1n) is 4.29. The molecule has 13 heavy (non-hydrogen) atoms. The number of carbonyl (C=O) groups excluding carboxylic acids is 2. The van der Waals surface area contributed by atoms with E-state index < -0.39 is 24.3 Å². The Labute approximate surface area is 77.9 Å². The van der Waals surface area contributed by atoms with E-state index in [-0.39, 0.29) is 5.92 Å². The van der Waals surface area contributed by atoms with Crippen LogP contribution in [0.15, 0.2) is 0 Å². The molecule has 1 unspecified atom stereocenters. The van der Waals surface area contributed by atoms with Crippen LogP contribution in [0.3, 0.4) is 0 Å². The van der Waals surface area contributed by atoms with E-state index in [1.165, 1.54) is 7.11 Å². The minimum atomic E-state index is -0.819. The summed E-state index contributed by atoms with van der Waals surface area (Å²) in [5.41, 5.74) is 0. The van der Waals surface area contributed by atoms with Crippen molar-refractivity contribution in [1.82, 2.24) is 0 Å². The first-order valence-corrected chi connectivity index (χ1v) is 4.29. The van der Waals surface area contributed by atoms with Crippen molar-refractivity contribution < 1.29 is 19.4 Å². The largest absolute Gasteiger partial charge is 0.468 e. The number of hydrogen-bond acceptors (Lipinski definition) is 4. The molecule has 0 aliphatic carbocycles. The highest BCUT2D eigenvalue weighted by atomic mass is 16.5. The summed E-state index contributed by atoms with van der Waals surface area (Å²) < 4.78 is 4.49. The van der Waals surface area contributed by atoms with Crippen molar-refractivity contribution in [2.24, 2.45) is 11.8 Å². The van der Waals surface area contributed by atoms with Crippen molar-refractivity contribution in [3.63, 3.8) is 0 Å². The van der Waals surface area contributed by atoms with E-state index in [0.29, 0.717) is 6.42 Å². The molecule has 0 rings (SSSR count). The Morgan fingerprint density at radius 1 is 1.46 bits per heavy atom. The summed E-state index contributed by atoms with van der Waals surface area (Å²) in [7, 11) is 1.24. The van der Waals surface area contributed by atoms with Gasteiger partial charge in [-0.1, -0.05) is 20.3 Å². The van der Waals surface area contributed by atoms with Crippen LogP contribution >= 0.6 is 0 Å². The van der Waals surface area contributed by atoms with E-state index in [9.17, 15) is 9.59 Å². The summed E-state index contributed by atoms with van der Waals surface area (Å²) in [6.07, 6.45) is 0.700. The molecule has 76 valence electrons. The summed E-state index contributed by atoms with van der Waals surface area (Å²) >= 11 is 0. The van der Waals surface area contributed by atoms with Gasteiger partial charge in [0.15, 0.2) is 5.78 Å². The van der Waals surface area contributed by atoms with Crippen LogP contribution in [0.2, 0.25) is 0 Å². The van der Waals surface area contributed by atoms with Gasteiger partial charge in [0.2, 0.25) is 0 Å². The number of rotatable bonds is 5. The summed E-state index contributed by atoms with van der Waals surface area (Å²) in [6.45, 7) is 3.06. The highest BCUT2D eigenvalue weighted by molar-refractivity contribution is 5.99. The molecule has 0 radical (unpaired) electrons. The van der Waals surface area contributed by atoms with Gasteiger partial charge in [0.25, 0.3) is 0 Å². The highest BCUT2D eigenvalue weighted by Crippen LogP contribution is 2.17. The zero-order valence-electron chi connectivity index (χ0n) is 8.24. The van der Waals surface area contributed by atoms with E-state index in [1.54, 1.807) is 6.92 Å². The van der Waals surface area contributed by atoms with Crippen molar-refractivity contribution >= 4 is 11.8 Å². The number of esters is 1. The minimum Gasteiger partial charge on any atom is -0.468 e. The van der Waals surface area contributed by atoms with E-state index in [0.717, 1.165) is 0 Å². The predicted octanol–water partition coefficient (Wildman–Crippen LogP) is 0.383. The summed E-state index contributed by atoms with van der Waals surface area (Å²) in [5.74, 6) is -1.94. The van der Waals surface area contributed by atoms with Gasteiger partial charge in [0.05, 0.1) is 7.11 Å². The van der Waals surface area contributed by atoms with Crippen LogP contribution in [0.4, 0.5) is 0 Å². The second kappa shape index (κ2) is 5.70. The van der Waals surface area contributed by atoms with Gasteiger partial charge < -0.3 is 9.84 Å². The highest BCUT2D eigenvalue weighted by Gasteiger charge is 2.31. The van der Waals surface area contributed by atoms with Crippen molar-refractivity contribution in [3.05, 3.63) is 0 Å². The molecule has 4 heteroatoms. The number of aliphatic hydroxyl groups excluding tert-OH is 1. The molecule has 0 aliphatic rings. The molecule has 0 aromatic heterocycles. The van der Waals surface area contributed by atoms with Gasteiger partial charge in [-0.3, -0.25) is 9.59 Å². The van der Waals surface area contributed by atoms with E-state index in [4.69, 9.17) is 5.11 Å². The summed E-state index contributed by atoms with van der Waals surface area (Å²) in [5, 5.41) is 8.64. The first kappa shape index (κ1) is 12.1. The van der Waals surface area contributed by atoms with Crippen LogP contribution < -0.4 is 0 Å². The molecule has 0 aromatic rings. The molecule has 0 amide bonds. The van der Waals surface area contributed by atoms with Crippen LogP contribution in [-0.4, -0.2) is 30.6 Å². The van der Waals surface area contributed by atoms with Crippen LogP contribution in [0.25, 0.3) is 0 Å². The lowest BCUT2D eigenvalue weighted by molar-refractivity contribution is -0.152. The Kier molecular flexibility index (Phi) is 5.30. The van der Waals surface area contributed by atoms with Crippen LogP contribution in [0, 0.1) is 11.8 Å². The lowest BCUT2D eigenvalue weighted by atomic mass is 9.88. The maximum atomic E-state index is 11.2. The fraction of sp³-hybridized carbons (Fsp3) is 0.778. The fourth-order valence-corrected chi connectivity index (χ4v) is 1.14. The Hall–Kier alpha value is -0.900. The monoisotopic (exact) mass is 188 g/mol. The number of hydrogen-bond donors (Lipinski definition) is 1. The second-order valence-electron chi connectivity index (χ2n) is 3.01. The predicted molar refractivity (Wildman–Crippen MR) is 47.1 cm³/mol. The number of carbonyl (C=O) groups is 2. The van der Waals surface area contributed by atoms with Crippen molar-refractivity contribution in [2.45, 2.75) is 20.3 Å². The van der Waals surface area contributed by atoms with Gasteiger partial charge in [-0.15, -0.1) is 0 Å². The topological polar surface area (TPSA) is 63.6 Å². The van der Waals surface area contributed by atoms with Crippen molar-refractivity contribution in [1.29, 1.82) is 0 Å². The summed E-state index contributed by atoms with van der Waals surface area (Å²) in [6, 6.07) is 0. The van der Waals surface area contributed by atoms with Crippen molar-refractivity contribution in [3.8, 4) is 0 Å². The fourth-order valence-electron chi connectivity index (χ4n) is 1.14. The zero-order chi connectivity index (χ0) is 10.4. The molecule has 0 bridgehead atoms. The molecule has 2 atom stereocenters. The molecule has 0 aromatic carbocycles. The smallest absolute Gasteiger partial charge is 0.316 e. The third-order valence-corrected chi connectivity index (χ3v) is 2.17. The van der Waals surface area contributed by atoms with Crippen LogP contribution in [-0.2, 0) is 14.3 Å². The minimum absolute atomic E-state index is 0.0906. The Morgan fingerprint density at radius 3 is 2.31 bits per heavy atom. The van der Waals surface area contributed by atoms with Crippen molar-refractivity contribution in [2.75, 3.05) is 13.7 Å². The van der Waals surface area contributed by atoms with Gasteiger partial charge in [0.1, 0.15) is 12.5 Å². The Bertz CT molecular complexity index is 172. The van der Waals surface area contributed by atoms with E-state index in [2.05, 4.69) is 4.74 Å². The van der Waals surface area contributed by atoms with Gasteiger partial charge in [0, 0.05) is 0 Å². The maximum Gasteiger partial charge on any atom is 0.316 e. The summed E-state index contributed by atoms with van der Waals surface area (Å²) in [4.78, 5) is 22.3. The quantitative estimate of drug-likeness (QED) is 0.500. The van der Waals surface area contributed by atoms with E-state index >= 15 is 0 Å². The van der Waals surface area contributed by atoms with Gasteiger partial charge >= 0.3 is 5.97 Å². The number of methoxy groups -OCH3 is 1. The first-order chi connectivity index (χ1) is 6.08. The number of ketones is 1. The molecule has 0 saturated heterocycles. The molecule has 4 nitrogen and oxygen atoms in total. The molecule has 0 spiro atoms. The van der Waals surface area contributed by atoms with Crippen LogP contribution in [0.1, 0.15) is 20.3 Å². The van der Waals surface area contributed by atoms with Gasteiger partial charge in [-0.2, -0.15) is 0 Å². The molecule has 0 fully saturated rings. The number of aliphatic hydroxyl groups is 1. The normalized spacial score (nSPS) is 14.8. The average molecular weight is 188 g/mol. The average Bonchev–Trinajstić information content (AvgIpc) is 2.16. The number of Topliss-reactive ketones (excluding diaryl/α,β-unsaturated/α-hetero) is 1. The lowest BCUT2D eigenvalue weighted by Gasteiger charge is -2.17. The van der Waals surface area contributed by atoms with E-state index in [1.807, 2.05) is 6.92 Å². The lowest BCUT2D eigenvalue weighted by Crippen LogP contribution is -2.32. The number of ether oxygens (including phenoxy) is 1. The molecular weight excluding hydrogens is 172 g/mol. The molecule has 0 saturated carbocycles. The Balaban J connectivity index is 4.54. The molecule has 1 N–H and O–H groups in total. The maximum absolute atomic E-state index is 11.2. The molecule has 0 heterocycles. The van der Waals surface area contributed by atoms with Gasteiger partial charge in [-0.25, -0.2) is 0 Å². The second-order valence-corrected chi connectivity index (χ2v) is 3.01. The SMILES string of the molecule is CC[C@@H](C)C(C(=O)CO)C(=O)OC. The van der Waals surface area contributed by atoms with Crippen LogP contribution in [0.5, 0.6) is 0 Å². The zero-order valence-corrected chi connectivity index (χ0v) is 8.24. The third kappa shape index (κ3) is 3.14. The molecule has 0 aliphatic heterocycles. The van der Waals surface area contributed by atoms with Gasteiger partial charge in [-0.05, 0) is 5.92 Å². The standard InChI is InChI=1S/C9H16O4/c1-4-6(2)8(7(11)5-10)9(12)13-3/h6,8,10H,4-5H2,1-3H3/t6-,8?/m1/s1. The molecular formula is C9H16O4. The third-order valence-electron chi connectivity index (χ3n) is 2.17.